The first-order valence-electron chi connectivity index (χ1n) is 7.74. The van der Waals surface area contributed by atoms with Crippen molar-refractivity contribution in [1.29, 1.82) is 0 Å². The van der Waals surface area contributed by atoms with Gasteiger partial charge < -0.3 is 20.1 Å². The second-order valence-corrected chi connectivity index (χ2v) is 5.93. The molecule has 6 nitrogen and oxygen atoms in total. The van der Waals surface area contributed by atoms with Crippen LogP contribution < -0.4 is 5.32 Å². The summed E-state index contributed by atoms with van der Waals surface area (Å²) in [7, 11) is 1.62. The Labute approximate surface area is 126 Å². The number of aliphatic carboxylic acids is 1. The number of methoxy groups -OCH3 is 1. The molecule has 0 aromatic carbocycles. The largest absolute Gasteiger partial charge is 0.481 e. The van der Waals surface area contributed by atoms with Gasteiger partial charge in [0, 0.05) is 26.6 Å². The molecule has 0 radical (unpaired) electrons. The lowest BCUT2D eigenvalue weighted by molar-refractivity contribution is -0.138. The number of piperidine rings is 1. The van der Waals surface area contributed by atoms with Gasteiger partial charge in [-0.1, -0.05) is 13.8 Å². The van der Waals surface area contributed by atoms with Crippen molar-refractivity contribution in [2.75, 3.05) is 26.8 Å². The molecule has 0 saturated carbocycles. The fourth-order valence-electron chi connectivity index (χ4n) is 2.83. The van der Waals surface area contributed by atoms with Crippen LogP contribution in [0.15, 0.2) is 0 Å². The zero-order valence-corrected chi connectivity index (χ0v) is 13.3. The molecule has 0 aromatic rings. The van der Waals surface area contributed by atoms with Crippen LogP contribution in [-0.2, 0) is 9.53 Å². The number of rotatable bonds is 7. The van der Waals surface area contributed by atoms with E-state index in [1.807, 2.05) is 18.7 Å². The SMILES string of the molecule is CCC(COC)NC(=O)N1CCCC(C(C)CC(=O)O)C1. The van der Waals surface area contributed by atoms with Crippen molar-refractivity contribution in [3.05, 3.63) is 0 Å². The lowest BCUT2D eigenvalue weighted by Gasteiger charge is -2.36. The van der Waals surface area contributed by atoms with Crippen molar-refractivity contribution in [2.45, 2.75) is 45.6 Å². The first kappa shape index (κ1) is 17.8. The molecule has 122 valence electrons. The number of carboxylic acids is 1. The molecule has 0 spiro atoms. The van der Waals surface area contributed by atoms with E-state index in [-0.39, 0.29) is 30.3 Å². The average molecular weight is 300 g/mol. The molecule has 6 heteroatoms. The van der Waals surface area contributed by atoms with Crippen molar-refractivity contribution in [2.24, 2.45) is 11.8 Å². The second kappa shape index (κ2) is 8.87. The van der Waals surface area contributed by atoms with Gasteiger partial charge in [0.2, 0.25) is 0 Å². The van der Waals surface area contributed by atoms with E-state index in [0.717, 1.165) is 25.8 Å². The van der Waals surface area contributed by atoms with Crippen LogP contribution in [0, 0.1) is 11.8 Å². The first-order chi connectivity index (χ1) is 9.97. The smallest absolute Gasteiger partial charge is 0.317 e. The highest BCUT2D eigenvalue weighted by molar-refractivity contribution is 5.74. The van der Waals surface area contributed by atoms with Gasteiger partial charge >= 0.3 is 12.0 Å². The van der Waals surface area contributed by atoms with Crippen LogP contribution in [0.3, 0.4) is 0 Å². The predicted octanol–water partition coefficient (Wildman–Crippen LogP) is 1.94. The van der Waals surface area contributed by atoms with E-state index in [1.54, 1.807) is 7.11 Å². The van der Waals surface area contributed by atoms with Gasteiger partial charge in [-0.3, -0.25) is 4.79 Å². The molecule has 21 heavy (non-hydrogen) atoms. The van der Waals surface area contributed by atoms with Crippen LogP contribution in [0.4, 0.5) is 4.79 Å². The van der Waals surface area contributed by atoms with E-state index >= 15 is 0 Å². The van der Waals surface area contributed by atoms with Gasteiger partial charge in [0.15, 0.2) is 0 Å². The fraction of sp³-hybridized carbons (Fsp3) is 0.867. The number of carbonyl (C=O) groups excluding carboxylic acids is 1. The van der Waals surface area contributed by atoms with Crippen molar-refractivity contribution >= 4 is 12.0 Å². The van der Waals surface area contributed by atoms with Crippen molar-refractivity contribution < 1.29 is 19.4 Å². The van der Waals surface area contributed by atoms with Gasteiger partial charge in [-0.05, 0) is 31.1 Å². The monoisotopic (exact) mass is 300 g/mol. The molecule has 1 heterocycles. The van der Waals surface area contributed by atoms with Gasteiger partial charge in [-0.15, -0.1) is 0 Å². The van der Waals surface area contributed by atoms with Crippen LogP contribution in [-0.4, -0.2) is 54.9 Å². The van der Waals surface area contributed by atoms with E-state index in [2.05, 4.69) is 5.32 Å². The zero-order valence-electron chi connectivity index (χ0n) is 13.3. The summed E-state index contributed by atoms with van der Waals surface area (Å²) in [5.74, 6) is -0.405. The number of likely N-dealkylation sites (tertiary alicyclic amines) is 1. The van der Waals surface area contributed by atoms with E-state index in [9.17, 15) is 9.59 Å². The van der Waals surface area contributed by atoms with Crippen molar-refractivity contribution in [1.82, 2.24) is 10.2 Å². The minimum atomic E-state index is -0.768. The van der Waals surface area contributed by atoms with Gasteiger partial charge in [0.05, 0.1) is 12.6 Å². The third-order valence-corrected chi connectivity index (χ3v) is 4.23. The number of carbonyl (C=O) groups is 2. The maximum atomic E-state index is 12.3. The van der Waals surface area contributed by atoms with Crippen LogP contribution in [0.1, 0.15) is 39.5 Å². The van der Waals surface area contributed by atoms with E-state index in [1.165, 1.54) is 0 Å². The highest BCUT2D eigenvalue weighted by atomic mass is 16.5. The van der Waals surface area contributed by atoms with Crippen molar-refractivity contribution in [3.63, 3.8) is 0 Å². The quantitative estimate of drug-likeness (QED) is 0.753. The minimum Gasteiger partial charge on any atom is -0.481 e. The number of urea groups is 1. The summed E-state index contributed by atoms with van der Waals surface area (Å²) in [5, 5.41) is 11.9. The maximum absolute atomic E-state index is 12.3. The molecule has 3 unspecified atom stereocenters. The third kappa shape index (κ3) is 5.91. The van der Waals surface area contributed by atoms with Crippen LogP contribution in [0.2, 0.25) is 0 Å². The zero-order chi connectivity index (χ0) is 15.8. The Kier molecular flexibility index (Phi) is 7.50. The maximum Gasteiger partial charge on any atom is 0.317 e. The summed E-state index contributed by atoms with van der Waals surface area (Å²) < 4.78 is 5.09. The second-order valence-electron chi connectivity index (χ2n) is 5.93. The minimum absolute atomic E-state index is 0.0271. The van der Waals surface area contributed by atoms with Crippen LogP contribution in [0.5, 0.6) is 0 Å². The van der Waals surface area contributed by atoms with E-state index in [4.69, 9.17) is 9.84 Å². The molecule has 0 bridgehead atoms. The number of amides is 2. The van der Waals surface area contributed by atoms with Gasteiger partial charge in [-0.2, -0.15) is 0 Å². The first-order valence-corrected chi connectivity index (χ1v) is 7.74. The van der Waals surface area contributed by atoms with E-state index < -0.39 is 5.97 Å². The Bertz CT molecular complexity index is 349. The Morgan fingerprint density at radius 1 is 1.48 bits per heavy atom. The van der Waals surface area contributed by atoms with Crippen molar-refractivity contribution in [3.8, 4) is 0 Å². The summed E-state index contributed by atoms with van der Waals surface area (Å²) in [6, 6.07) is -0.0366. The lowest BCUT2D eigenvalue weighted by Crippen LogP contribution is -2.50. The molecule has 1 aliphatic heterocycles. The van der Waals surface area contributed by atoms with Crippen LogP contribution in [0.25, 0.3) is 0 Å². The summed E-state index contributed by atoms with van der Waals surface area (Å²) in [4.78, 5) is 24.9. The molecule has 1 aliphatic rings. The standard InChI is InChI=1S/C15H28N2O4/c1-4-13(10-21-3)16-15(20)17-7-5-6-12(9-17)11(2)8-14(18)19/h11-13H,4-10H2,1-3H3,(H,16,20)(H,18,19). The summed E-state index contributed by atoms with van der Waals surface area (Å²) in [6.45, 7) is 5.86. The predicted molar refractivity (Wildman–Crippen MR) is 80.2 cm³/mol. The average Bonchev–Trinajstić information content (AvgIpc) is 2.46. The molecule has 2 N–H and O–H groups in total. The molecule has 2 amide bonds. The van der Waals surface area contributed by atoms with Gasteiger partial charge in [0.25, 0.3) is 0 Å². The number of nitrogens with zero attached hydrogens (tertiary/aromatic N) is 1. The number of ether oxygens (including phenoxy) is 1. The molecule has 1 rings (SSSR count). The molecule has 1 saturated heterocycles. The highest BCUT2D eigenvalue weighted by Gasteiger charge is 2.28. The molecule has 1 fully saturated rings. The lowest BCUT2D eigenvalue weighted by atomic mass is 9.85. The molecular weight excluding hydrogens is 272 g/mol. The van der Waals surface area contributed by atoms with E-state index in [0.29, 0.717) is 13.2 Å². The summed E-state index contributed by atoms with van der Waals surface area (Å²) >= 11 is 0. The molecule has 0 aromatic heterocycles. The van der Waals surface area contributed by atoms with Crippen LogP contribution >= 0.6 is 0 Å². The fourth-order valence-corrected chi connectivity index (χ4v) is 2.83. The molecular formula is C15H28N2O4. The summed E-state index contributed by atoms with van der Waals surface area (Å²) in [6.07, 6.45) is 2.92. The number of hydrogen-bond acceptors (Lipinski definition) is 3. The Morgan fingerprint density at radius 2 is 2.19 bits per heavy atom. The Balaban J connectivity index is 2.51. The number of carboxylic acid groups (broad SMARTS) is 1. The normalized spacial score (nSPS) is 21.7. The van der Waals surface area contributed by atoms with Gasteiger partial charge in [-0.25, -0.2) is 4.79 Å². The molecule has 0 aliphatic carbocycles. The van der Waals surface area contributed by atoms with Gasteiger partial charge in [0.1, 0.15) is 0 Å². The Morgan fingerprint density at radius 3 is 2.76 bits per heavy atom. The molecule has 3 atom stereocenters. The number of nitrogens with one attached hydrogen (secondary N) is 1. The summed E-state index contributed by atoms with van der Waals surface area (Å²) in [5.41, 5.74) is 0. The highest BCUT2D eigenvalue weighted by Crippen LogP contribution is 2.26. The number of hydrogen-bond donors (Lipinski definition) is 2. The topological polar surface area (TPSA) is 78.9 Å². The third-order valence-electron chi connectivity index (χ3n) is 4.23. The Hall–Kier alpha value is -1.30.